The fourth-order valence-electron chi connectivity index (χ4n) is 3.23. The van der Waals surface area contributed by atoms with Gasteiger partial charge in [-0.1, -0.05) is 27.2 Å². The van der Waals surface area contributed by atoms with E-state index in [4.69, 9.17) is 10.5 Å². The number of nitrogens with one attached hydrogen (secondary N) is 1. The molecule has 19 heavy (non-hydrogen) atoms. The third kappa shape index (κ3) is 2.29. The van der Waals surface area contributed by atoms with Crippen molar-refractivity contribution in [3.8, 4) is 0 Å². The van der Waals surface area contributed by atoms with Crippen LogP contribution >= 0.6 is 0 Å². The molecule has 0 spiro atoms. The van der Waals surface area contributed by atoms with Crippen molar-refractivity contribution in [3.05, 3.63) is 0 Å². The fraction of sp³-hybridized carbons (Fsp3) is 0.933. The second-order valence-electron chi connectivity index (χ2n) is 7.19. The number of rotatable bonds is 5. The van der Waals surface area contributed by atoms with Crippen molar-refractivity contribution in [2.75, 3.05) is 13.2 Å². The van der Waals surface area contributed by atoms with E-state index < -0.39 is 5.54 Å². The fourth-order valence-corrected chi connectivity index (χ4v) is 3.23. The summed E-state index contributed by atoms with van der Waals surface area (Å²) in [6, 6.07) is 0. The normalized spacial score (nSPS) is 35.1. The summed E-state index contributed by atoms with van der Waals surface area (Å²) in [5.41, 5.74) is 5.55. The maximum absolute atomic E-state index is 12.4. The van der Waals surface area contributed by atoms with Crippen LogP contribution in [0.15, 0.2) is 0 Å². The molecule has 1 amide bonds. The van der Waals surface area contributed by atoms with Crippen molar-refractivity contribution in [2.45, 2.75) is 65.0 Å². The second-order valence-corrected chi connectivity index (χ2v) is 7.19. The number of carbonyl (C=O) groups is 1. The number of ether oxygens (including phenoxy) is 1. The molecular weight excluding hydrogens is 240 g/mol. The lowest BCUT2D eigenvalue weighted by Crippen LogP contribution is -2.76. The molecule has 4 nitrogen and oxygen atoms in total. The van der Waals surface area contributed by atoms with Gasteiger partial charge in [-0.3, -0.25) is 4.79 Å². The Kier molecular flexibility index (Phi) is 3.69. The molecular formula is C15H28N2O2. The molecule has 2 fully saturated rings. The summed E-state index contributed by atoms with van der Waals surface area (Å²) in [6.07, 6.45) is 4.40. The molecule has 4 heteroatoms. The van der Waals surface area contributed by atoms with E-state index in [0.717, 1.165) is 6.54 Å². The predicted octanol–water partition coefficient (Wildman–Crippen LogP) is 1.83. The first-order chi connectivity index (χ1) is 8.75. The van der Waals surface area contributed by atoms with Gasteiger partial charge in [-0.25, -0.2) is 0 Å². The Morgan fingerprint density at radius 3 is 2.42 bits per heavy atom. The Bertz CT molecular complexity index is 363. The summed E-state index contributed by atoms with van der Waals surface area (Å²) in [5, 5.41) is 3.07. The number of carbonyl (C=O) groups excluding carboxylic acids is 1. The maximum atomic E-state index is 12.4. The van der Waals surface area contributed by atoms with Crippen LogP contribution in [-0.4, -0.2) is 30.7 Å². The molecule has 0 saturated heterocycles. The van der Waals surface area contributed by atoms with Gasteiger partial charge < -0.3 is 15.8 Å². The van der Waals surface area contributed by atoms with Gasteiger partial charge in [0.2, 0.25) is 5.91 Å². The van der Waals surface area contributed by atoms with Gasteiger partial charge in [0, 0.05) is 25.0 Å². The maximum Gasteiger partial charge on any atom is 0.240 e. The highest BCUT2D eigenvalue weighted by Crippen LogP contribution is 2.50. The molecule has 2 aliphatic carbocycles. The van der Waals surface area contributed by atoms with Crippen LogP contribution in [0.1, 0.15) is 53.4 Å². The Hall–Kier alpha value is -0.610. The van der Waals surface area contributed by atoms with Gasteiger partial charge in [0.05, 0.1) is 6.10 Å². The van der Waals surface area contributed by atoms with Gasteiger partial charge in [-0.2, -0.15) is 0 Å². The van der Waals surface area contributed by atoms with Gasteiger partial charge in [0.15, 0.2) is 0 Å². The van der Waals surface area contributed by atoms with Gasteiger partial charge >= 0.3 is 0 Å². The van der Waals surface area contributed by atoms with Crippen molar-refractivity contribution in [1.29, 1.82) is 0 Å². The molecule has 2 rings (SSSR count). The van der Waals surface area contributed by atoms with Crippen molar-refractivity contribution in [2.24, 2.45) is 16.6 Å². The molecule has 110 valence electrons. The lowest BCUT2D eigenvalue weighted by atomic mass is 9.54. The van der Waals surface area contributed by atoms with Gasteiger partial charge in [0.1, 0.15) is 5.54 Å². The second kappa shape index (κ2) is 4.74. The zero-order chi connectivity index (χ0) is 14.3. The van der Waals surface area contributed by atoms with E-state index in [1.807, 2.05) is 20.8 Å². The quantitative estimate of drug-likeness (QED) is 0.799. The molecule has 0 radical (unpaired) electrons. The van der Waals surface area contributed by atoms with Crippen LogP contribution in [0.3, 0.4) is 0 Å². The first-order valence-corrected chi connectivity index (χ1v) is 7.44. The van der Waals surface area contributed by atoms with Crippen molar-refractivity contribution < 1.29 is 9.53 Å². The van der Waals surface area contributed by atoms with Crippen LogP contribution < -0.4 is 11.1 Å². The Morgan fingerprint density at radius 1 is 1.37 bits per heavy atom. The molecule has 0 aromatic carbocycles. The summed E-state index contributed by atoms with van der Waals surface area (Å²) < 4.78 is 5.66. The summed E-state index contributed by atoms with van der Waals surface area (Å²) in [7, 11) is 0. The molecule has 0 aromatic heterocycles. The third-order valence-corrected chi connectivity index (χ3v) is 5.47. The van der Waals surface area contributed by atoms with Crippen molar-refractivity contribution in [3.63, 3.8) is 0 Å². The number of nitrogens with two attached hydrogens (primary N) is 1. The monoisotopic (exact) mass is 268 g/mol. The van der Waals surface area contributed by atoms with E-state index in [-0.39, 0.29) is 17.4 Å². The molecule has 2 aliphatic rings. The Labute approximate surface area is 116 Å². The highest BCUT2D eigenvalue weighted by Gasteiger charge is 2.62. The first kappa shape index (κ1) is 14.8. The standard InChI is InChI=1S/C15H28N2O2/c1-5-19-11-9-15(16,13(11,2)3)12(18)17-10-14(4)7-6-8-14/h11H,5-10,16H2,1-4H3,(H,17,18). The van der Waals surface area contributed by atoms with Crippen LogP contribution in [0.2, 0.25) is 0 Å². The van der Waals surface area contributed by atoms with Crippen LogP contribution in [0.25, 0.3) is 0 Å². The van der Waals surface area contributed by atoms with Crippen molar-refractivity contribution >= 4 is 5.91 Å². The minimum Gasteiger partial charge on any atom is -0.378 e. The number of amides is 1. The van der Waals surface area contributed by atoms with E-state index in [2.05, 4.69) is 12.2 Å². The SMILES string of the molecule is CCOC1CC(N)(C(=O)NCC2(C)CCC2)C1(C)C. The Balaban J connectivity index is 1.92. The van der Waals surface area contributed by atoms with Gasteiger partial charge in [0.25, 0.3) is 0 Å². The molecule has 0 bridgehead atoms. The van der Waals surface area contributed by atoms with E-state index in [1.165, 1.54) is 19.3 Å². The lowest BCUT2D eigenvalue weighted by molar-refractivity contribution is -0.171. The highest BCUT2D eigenvalue weighted by molar-refractivity contribution is 5.88. The topological polar surface area (TPSA) is 64.3 Å². The van der Waals surface area contributed by atoms with Gasteiger partial charge in [-0.15, -0.1) is 0 Å². The highest BCUT2D eigenvalue weighted by atomic mass is 16.5. The van der Waals surface area contributed by atoms with Crippen LogP contribution in [0.5, 0.6) is 0 Å². The molecule has 2 unspecified atom stereocenters. The average molecular weight is 268 g/mol. The smallest absolute Gasteiger partial charge is 0.240 e. The lowest BCUT2D eigenvalue weighted by Gasteiger charge is -2.57. The Morgan fingerprint density at radius 2 is 2.00 bits per heavy atom. The molecule has 0 aromatic rings. The average Bonchev–Trinajstić information content (AvgIpc) is 2.33. The zero-order valence-corrected chi connectivity index (χ0v) is 12.7. The number of hydrogen-bond acceptors (Lipinski definition) is 3. The zero-order valence-electron chi connectivity index (χ0n) is 12.7. The summed E-state index contributed by atoms with van der Waals surface area (Å²) in [4.78, 5) is 12.4. The largest absolute Gasteiger partial charge is 0.378 e. The van der Waals surface area contributed by atoms with E-state index in [1.54, 1.807) is 0 Å². The van der Waals surface area contributed by atoms with E-state index >= 15 is 0 Å². The van der Waals surface area contributed by atoms with E-state index in [0.29, 0.717) is 18.4 Å². The number of hydrogen-bond donors (Lipinski definition) is 2. The molecule has 2 saturated carbocycles. The van der Waals surface area contributed by atoms with Gasteiger partial charge in [-0.05, 0) is 25.2 Å². The van der Waals surface area contributed by atoms with E-state index in [9.17, 15) is 4.79 Å². The summed E-state index contributed by atoms with van der Waals surface area (Å²) in [5.74, 6) is -0.0124. The summed E-state index contributed by atoms with van der Waals surface area (Å²) >= 11 is 0. The van der Waals surface area contributed by atoms with Crippen molar-refractivity contribution in [1.82, 2.24) is 5.32 Å². The summed E-state index contributed by atoms with van der Waals surface area (Å²) in [6.45, 7) is 9.69. The first-order valence-electron chi connectivity index (χ1n) is 7.44. The van der Waals surface area contributed by atoms with Crippen LogP contribution in [0.4, 0.5) is 0 Å². The molecule has 0 aliphatic heterocycles. The minimum absolute atomic E-state index is 0.0124. The molecule has 2 atom stereocenters. The molecule has 0 heterocycles. The third-order valence-electron chi connectivity index (χ3n) is 5.47. The van der Waals surface area contributed by atoms with Crippen LogP contribution in [-0.2, 0) is 9.53 Å². The predicted molar refractivity (Wildman–Crippen MR) is 75.7 cm³/mol. The van der Waals surface area contributed by atoms with Crippen LogP contribution in [0, 0.1) is 10.8 Å². The molecule has 3 N–H and O–H groups in total. The minimum atomic E-state index is -0.785.